The van der Waals surface area contributed by atoms with E-state index in [0.29, 0.717) is 5.56 Å². The average Bonchev–Trinajstić information content (AvgIpc) is 3.14. The Balaban J connectivity index is -0.00000256. The minimum Gasteiger partial charge on any atom is -0.356 e. The van der Waals surface area contributed by atoms with Crippen molar-refractivity contribution in [1.29, 1.82) is 0 Å². The SMILES string of the molecule is CC(C)NC(=O)c1cc(-c2ncc(F)c(N[C@@H](C(=O)NCC(F)(F)F)C(C)C)n2)c[nH]1.[HH].[HH].[HH].[HH]. The first-order valence-electron chi connectivity index (χ1n) is 9.50. The van der Waals surface area contributed by atoms with Crippen molar-refractivity contribution in [2.45, 2.75) is 46.0 Å². The number of carbonyl (C=O) groups is 2. The van der Waals surface area contributed by atoms with Crippen LogP contribution in [0.2, 0.25) is 0 Å². The fourth-order valence-corrected chi connectivity index (χ4v) is 2.58. The van der Waals surface area contributed by atoms with Gasteiger partial charge in [0.25, 0.3) is 5.91 Å². The first kappa shape index (κ1) is 24.1. The number of aromatic amines is 1. The number of H-pyrrole nitrogens is 1. The third-order valence-electron chi connectivity index (χ3n) is 4.05. The van der Waals surface area contributed by atoms with E-state index in [1.807, 2.05) is 0 Å². The number of carbonyl (C=O) groups excluding carboxylic acids is 2. The van der Waals surface area contributed by atoms with Gasteiger partial charge in [-0.05, 0) is 25.8 Å². The number of nitrogens with zero attached hydrogens (tertiary/aromatic N) is 2. The lowest BCUT2D eigenvalue weighted by molar-refractivity contribution is -0.139. The van der Waals surface area contributed by atoms with Crippen molar-refractivity contribution in [1.82, 2.24) is 25.6 Å². The number of alkyl halides is 3. The molecule has 2 heterocycles. The predicted octanol–water partition coefficient (Wildman–Crippen LogP) is 3.85. The van der Waals surface area contributed by atoms with Gasteiger partial charge in [0.1, 0.15) is 18.3 Å². The van der Waals surface area contributed by atoms with Crippen molar-refractivity contribution in [2.24, 2.45) is 5.92 Å². The molecule has 2 amide bonds. The summed E-state index contributed by atoms with van der Waals surface area (Å²) in [5.74, 6) is -2.93. The summed E-state index contributed by atoms with van der Waals surface area (Å²) < 4.78 is 51.4. The number of halogens is 4. The van der Waals surface area contributed by atoms with E-state index in [0.717, 1.165) is 6.20 Å². The summed E-state index contributed by atoms with van der Waals surface area (Å²) in [6.07, 6.45) is -2.24. The summed E-state index contributed by atoms with van der Waals surface area (Å²) >= 11 is 0. The molecule has 12 heteroatoms. The molecular formula is C19H32F4N6O2. The molecule has 0 saturated carbocycles. The number of hydrogen-bond acceptors (Lipinski definition) is 5. The van der Waals surface area contributed by atoms with E-state index in [2.05, 4.69) is 25.6 Å². The van der Waals surface area contributed by atoms with Crippen LogP contribution in [0.25, 0.3) is 11.4 Å². The zero-order chi connectivity index (χ0) is 23.3. The Bertz CT molecular complexity index is 944. The Morgan fingerprint density at radius 1 is 1.23 bits per heavy atom. The van der Waals surface area contributed by atoms with Gasteiger partial charge in [0.15, 0.2) is 17.5 Å². The second kappa shape index (κ2) is 9.75. The van der Waals surface area contributed by atoms with Crippen LogP contribution in [-0.2, 0) is 4.79 Å². The van der Waals surface area contributed by atoms with Crippen LogP contribution >= 0.6 is 0 Å². The van der Waals surface area contributed by atoms with Crippen LogP contribution in [0.15, 0.2) is 18.5 Å². The van der Waals surface area contributed by atoms with Gasteiger partial charge in [0.2, 0.25) is 5.91 Å². The Morgan fingerprint density at radius 3 is 2.48 bits per heavy atom. The zero-order valence-electron chi connectivity index (χ0n) is 17.4. The third kappa shape index (κ3) is 6.93. The van der Waals surface area contributed by atoms with Crippen molar-refractivity contribution >= 4 is 17.6 Å². The Morgan fingerprint density at radius 2 is 1.90 bits per heavy atom. The van der Waals surface area contributed by atoms with E-state index in [-0.39, 0.29) is 35.0 Å². The molecule has 1 atom stereocenters. The van der Waals surface area contributed by atoms with E-state index in [9.17, 15) is 27.2 Å². The molecule has 0 aliphatic heterocycles. The number of rotatable bonds is 8. The zero-order valence-corrected chi connectivity index (χ0v) is 17.4. The Hall–Kier alpha value is -3.18. The minimum absolute atomic E-state index is 0. The molecule has 0 bridgehead atoms. The van der Waals surface area contributed by atoms with Crippen molar-refractivity contribution < 1.29 is 32.9 Å². The van der Waals surface area contributed by atoms with Crippen molar-refractivity contribution in [3.05, 3.63) is 30.0 Å². The second-order valence-corrected chi connectivity index (χ2v) is 7.52. The van der Waals surface area contributed by atoms with Gasteiger partial charge in [0.05, 0.1) is 6.20 Å². The summed E-state index contributed by atoms with van der Waals surface area (Å²) in [5, 5.41) is 7.04. The van der Waals surface area contributed by atoms with Crippen LogP contribution in [-0.4, -0.2) is 51.6 Å². The molecule has 2 aromatic heterocycles. The molecule has 4 N–H and O–H groups in total. The molecule has 2 rings (SSSR count). The fourth-order valence-electron chi connectivity index (χ4n) is 2.58. The summed E-state index contributed by atoms with van der Waals surface area (Å²) in [7, 11) is 0. The van der Waals surface area contributed by atoms with Gasteiger partial charge in [-0.15, -0.1) is 0 Å². The van der Waals surface area contributed by atoms with Gasteiger partial charge in [-0.2, -0.15) is 13.2 Å². The first-order chi connectivity index (χ1) is 14.4. The van der Waals surface area contributed by atoms with E-state index in [4.69, 9.17) is 0 Å². The quantitative estimate of drug-likeness (QED) is 0.455. The summed E-state index contributed by atoms with van der Waals surface area (Å²) in [4.78, 5) is 34.9. The van der Waals surface area contributed by atoms with Crippen molar-refractivity contribution in [3.63, 3.8) is 0 Å². The Labute approximate surface area is 182 Å². The average molecular weight is 452 g/mol. The highest BCUT2D eigenvalue weighted by molar-refractivity contribution is 5.93. The van der Waals surface area contributed by atoms with E-state index < -0.39 is 36.4 Å². The van der Waals surface area contributed by atoms with E-state index in [1.54, 1.807) is 33.0 Å². The molecule has 0 aliphatic rings. The molecular weight excluding hydrogens is 420 g/mol. The first-order valence-corrected chi connectivity index (χ1v) is 9.50. The summed E-state index contributed by atoms with van der Waals surface area (Å²) in [6.45, 7) is 5.30. The van der Waals surface area contributed by atoms with Gasteiger partial charge in [-0.3, -0.25) is 9.59 Å². The van der Waals surface area contributed by atoms with E-state index in [1.165, 1.54) is 12.3 Å². The Kier molecular flexibility index (Phi) is 7.58. The van der Waals surface area contributed by atoms with Crippen LogP contribution < -0.4 is 16.0 Å². The summed E-state index contributed by atoms with van der Waals surface area (Å²) in [5.41, 5.74) is 0.636. The number of amides is 2. The molecule has 0 saturated heterocycles. The van der Waals surface area contributed by atoms with Crippen molar-refractivity contribution in [3.8, 4) is 11.4 Å². The van der Waals surface area contributed by atoms with Crippen LogP contribution in [0, 0.1) is 11.7 Å². The van der Waals surface area contributed by atoms with Gasteiger partial charge < -0.3 is 20.9 Å². The maximum atomic E-state index is 14.3. The lowest BCUT2D eigenvalue weighted by atomic mass is 10.0. The van der Waals surface area contributed by atoms with Gasteiger partial charge in [0, 0.05) is 23.5 Å². The van der Waals surface area contributed by atoms with Crippen LogP contribution in [0.5, 0.6) is 0 Å². The monoisotopic (exact) mass is 452 g/mol. The molecule has 31 heavy (non-hydrogen) atoms. The molecule has 0 aliphatic carbocycles. The molecule has 0 spiro atoms. The number of hydrogen-bond donors (Lipinski definition) is 4. The van der Waals surface area contributed by atoms with E-state index >= 15 is 0 Å². The molecule has 0 fully saturated rings. The maximum Gasteiger partial charge on any atom is 0.405 e. The minimum atomic E-state index is -4.57. The highest BCUT2D eigenvalue weighted by Crippen LogP contribution is 2.21. The molecule has 8 nitrogen and oxygen atoms in total. The normalized spacial score (nSPS) is 12.7. The van der Waals surface area contributed by atoms with Gasteiger partial charge >= 0.3 is 6.18 Å². The lowest BCUT2D eigenvalue weighted by Gasteiger charge is -2.23. The van der Waals surface area contributed by atoms with Crippen LogP contribution in [0.4, 0.5) is 23.4 Å². The maximum absolute atomic E-state index is 14.3. The second-order valence-electron chi connectivity index (χ2n) is 7.52. The highest BCUT2D eigenvalue weighted by atomic mass is 19.4. The summed E-state index contributed by atoms with van der Waals surface area (Å²) in [6, 6.07) is 0.233. The molecule has 0 aromatic carbocycles. The number of nitrogens with one attached hydrogen (secondary N) is 4. The number of aromatic nitrogens is 3. The van der Waals surface area contributed by atoms with Crippen molar-refractivity contribution in [2.75, 3.05) is 11.9 Å². The highest BCUT2D eigenvalue weighted by Gasteiger charge is 2.31. The molecule has 0 radical (unpaired) electrons. The molecule has 178 valence electrons. The standard InChI is InChI=1S/C19H24F4N6O2.4H2/c1-9(2)14(18(31)26-8-19(21,22)23)28-16-12(20)7-25-15(29-16)11-5-13(24-6-11)17(30)27-10(3)4;;;;/h5-7,9-10,14,24H,8H2,1-4H3,(H,26,31)(H,27,30)(H,25,28,29);4*1H/t14-;;;;/m1..../s1. The largest absolute Gasteiger partial charge is 0.405 e. The van der Waals surface area contributed by atoms with Crippen LogP contribution in [0.1, 0.15) is 43.9 Å². The van der Waals surface area contributed by atoms with Gasteiger partial charge in [-0.25, -0.2) is 14.4 Å². The lowest BCUT2D eigenvalue weighted by Crippen LogP contribution is -2.46. The smallest absolute Gasteiger partial charge is 0.356 e. The third-order valence-corrected chi connectivity index (χ3v) is 4.05. The predicted molar refractivity (Wildman–Crippen MR) is 114 cm³/mol. The fraction of sp³-hybridized carbons (Fsp3) is 0.474. The number of anilines is 1. The van der Waals surface area contributed by atoms with Crippen LogP contribution in [0.3, 0.4) is 0 Å². The molecule has 0 unspecified atom stereocenters. The molecule has 2 aromatic rings. The topological polar surface area (TPSA) is 112 Å². The van der Waals surface area contributed by atoms with Gasteiger partial charge in [-0.1, -0.05) is 13.8 Å².